The Morgan fingerprint density at radius 3 is 1.60 bits per heavy atom. The van der Waals surface area contributed by atoms with Crippen molar-refractivity contribution < 1.29 is 0 Å². The van der Waals surface area contributed by atoms with Crippen molar-refractivity contribution in [2.75, 3.05) is 0 Å². The fraction of sp³-hybridized carbons (Fsp3) is 0. The van der Waals surface area contributed by atoms with Crippen LogP contribution in [0.5, 0.6) is 0 Å². The third-order valence-electron chi connectivity index (χ3n) is 13.7. The molecule has 0 radical (unpaired) electrons. The Balaban J connectivity index is 1.06. The molecule has 316 valence electrons. The first-order valence-corrected chi connectivity index (χ1v) is 23.1. The van der Waals surface area contributed by atoms with Gasteiger partial charge in [0.05, 0.1) is 22.1 Å². The van der Waals surface area contributed by atoms with Crippen LogP contribution < -0.4 is 0 Å². The number of nitrogens with zero attached hydrogens (tertiary/aromatic N) is 5. The molecule has 0 unspecified atom stereocenters. The minimum atomic E-state index is 0.619. The highest BCUT2D eigenvalue weighted by molar-refractivity contribution is 6.27. The van der Waals surface area contributed by atoms with E-state index in [9.17, 15) is 0 Å². The van der Waals surface area contributed by atoms with Gasteiger partial charge in [-0.2, -0.15) is 0 Å². The summed E-state index contributed by atoms with van der Waals surface area (Å²) in [6, 6.07) is 84.8. The van der Waals surface area contributed by atoms with E-state index in [0.29, 0.717) is 17.5 Å². The molecule has 0 aliphatic carbocycles. The lowest BCUT2D eigenvalue weighted by molar-refractivity contribution is 1.07. The molecule has 0 fully saturated rings. The number of benzene rings is 11. The highest BCUT2D eigenvalue weighted by atomic mass is 15.0. The van der Waals surface area contributed by atoms with E-state index in [1.54, 1.807) is 0 Å². The second-order valence-corrected chi connectivity index (χ2v) is 17.6. The Bertz CT molecular complexity index is 4300. The van der Waals surface area contributed by atoms with Crippen molar-refractivity contribution in [3.05, 3.63) is 237 Å². The molecule has 11 aromatic carbocycles. The summed E-state index contributed by atoms with van der Waals surface area (Å²) in [4.78, 5) is 15.8. The van der Waals surface area contributed by atoms with Crippen molar-refractivity contribution in [1.29, 1.82) is 0 Å². The lowest BCUT2D eigenvalue weighted by atomic mass is 9.94. The summed E-state index contributed by atoms with van der Waals surface area (Å²) in [5.41, 5.74) is 11.9. The molecule has 3 aromatic heterocycles. The van der Waals surface area contributed by atoms with Crippen LogP contribution in [0.1, 0.15) is 0 Å². The molecule has 0 atom stereocenters. The van der Waals surface area contributed by atoms with Crippen LogP contribution in [0, 0.1) is 0 Å². The van der Waals surface area contributed by atoms with Gasteiger partial charge in [-0.1, -0.05) is 182 Å². The predicted octanol–water partition coefficient (Wildman–Crippen LogP) is 16.2. The molecular weight excluding hydrogens is 827 g/mol. The molecular formula is C63H39N5. The molecule has 0 aliphatic heterocycles. The molecule has 0 aliphatic rings. The van der Waals surface area contributed by atoms with Gasteiger partial charge in [0.1, 0.15) is 0 Å². The van der Waals surface area contributed by atoms with E-state index in [1.165, 1.54) is 54.3 Å². The van der Waals surface area contributed by atoms with Crippen LogP contribution >= 0.6 is 0 Å². The number of hydrogen-bond donors (Lipinski definition) is 0. The monoisotopic (exact) mass is 865 g/mol. The van der Waals surface area contributed by atoms with Crippen molar-refractivity contribution >= 4 is 75.9 Å². The Morgan fingerprint density at radius 1 is 0.250 bits per heavy atom. The fourth-order valence-corrected chi connectivity index (χ4v) is 10.6. The first kappa shape index (κ1) is 38.1. The minimum Gasteiger partial charge on any atom is -0.309 e. The second kappa shape index (κ2) is 15.2. The summed E-state index contributed by atoms with van der Waals surface area (Å²) in [5, 5.41) is 11.8. The molecule has 0 saturated heterocycles. The van der Waals surface area contributed by atoms with E-state index in [4.69, 9.17) is 15.0 Å². The van der Waals surface area contributed by atoms with Crippen molar-refractivity contribution in [3.8, 4) is 56.7 Å². The van der Waals surface area contributed by atoms with E-state index in [2.05, 4.69) is 228 Å². The third-order valence-corrected chi connectivity index (χ3v) is 13.7. The number of fused-ring (bicyclic) bond motifs is 10. The van der Waals surface area contributed by atoms with Crippen LogP contribution in [0.25, 0.3) is 133 Å². The Morgan fingerprint density at radius 2 is 0.824 bits per heavy atom. The highest BCUT2D eigenvalue weighted by Crippen LogP contribution is 2.45. The van der Waals surface area contributed by atoms with Gasteiger partial charge in [0.25, 0.3) is 0 Å². The number of para-hydroxylation sites is 2. The molecule has 0 bridgehead atoms. The highest BCUT2D eigenvalue weighted by Gasteiger charge is 2.23. The Hall–Kier alpha value is -9.19. The third kappa shape index (κ3) is 5.99. The maximum atomic E-state index is 5.33. The molecule has 14 aromatic rings. The van der Waals surface area contributed by atoms with Crippen molar-refractivity contribution in [2.24, 2.45) is 0 Å². The number of hydrogen-bond acceptors (Lipinski definition) is 3. The summed E-state index contributed by atoms with van der Waals surface area (Å²) in [7, 11) is 0. The van der Waals surface area contributed by atoms with Crippen LogP contribution in [-0.2, 0) is 0 Å². The zero-order valence-corrected chi connectivity index (χ0v) is 36.8. The van der Waals surface area contributed by atoms with E-state index < -0.39 is 0 Å². The van der Waals surface area contributed by atoms with E-state index in [-0.39, 0.29) is 0 Å². The zero-order chi connectivity index (χ0) is 44.7. The smallest absolute Gasteiger partial charge is 0.164 e. The lowest BCUT2D eigenvalue weighted by Gasteiger charge is -2.15. The van der Waals surface area contributed by atoms with E-state index in [1.807, 2.05) is 18.2 Å². The van der Waals surface area contributed by atoms with Gasteiger partial charge in [0.2, 0.25) is 0 Å². The summed E-state index contributed by atoms with van der Waals surface area (Å²) in [6.07, 6.45) is 0. The molecule has 0 amide bonds. The molecule has 0 spiro atoms. The maximum absolute atomic E-state index is 5.33. The van der Waals surface area contributed by atoms with Crippen LogP contribution in [0.4, 0.5) is 0 Å². The number of rotatable bonds is 6. The van der Waals surface area contributed by atoms with Gasteiger partial charge in [0, 0.05) is 49.6 Å². The molecule has 0 N–H and O–H groups in total. The summed E-state index contributed by atoms with van der Waals surface area (Å²) < 4.78 is 4.89. The van der Waals surface area contributed by atoms with Gasteiger partial charge in [-0.3, -0.25) is 0 Å². The van der Waals surface area contributed by atoms with Gasteiger partial charge < -0.3 is 9.13 Å². The zero-order valence-electron chi connectivity index (χ0n) is 36.8. The standard InChI is InChI=1S/C63H39N5/c1-4-19-41(20-5-1)52-38-59-60(51-30-15-14-28-49(51)52)55-37-53-50-29-16-17-31-56(50)68(57(53)39-58(55)67(59)46-25-8-3-9-26-46)47-35-44-24-12-13-27-48(44)54(36-47)63-65-61(42-21-6-2-7-22-42)64-62(66-63)45-33-32-40-18-10-11-23-43(40)34-45/h1-39H. The first-order chi connectivity index (χ1) is 33.7. The van der Waals surface area contributed by atoms with Crippen LogP contribution in [0.3, 0.4) is 0 Å². The van der Waals surface area contributed by atoms with E-state index in [0.717, 1.165) is 60.8 Å². The van der Waals surface area contributed by atoms with Crippen LogP contribution in [0.15, 0.2) is 237 Å². The van der Waals surface area contributed by atoms with E-state index >= 15 is 0 Å². The van der Waals surface area contributed by atoms with Gasteiger partial charge in [-0.25, -0.2) is 15.0 Å². The fourth-order valence-electron chi connectivity index (χ4n) is 10.6. The van der Waals surface area contributed by atoms with Crippen LogP contribution in [0.2, 0.25) is 0 Å². The maximum Gasteiger partial charge on any atom is 0.164 e. The summed E-state index contributed by atoms with van der Waals surface area (Å²) >= 11 is 0. The Kier molecular flexibility index (Phi) is 8.52. The average molecular weight is 866 g/mol. The quantitative estimate of drug-likeness (QED) is 0.167. The molecule has 5 nitrogen and oxygen atoms in total. The second-order valence-electron chi connectivity index (χ2n) is 17.6. The molecule has 0 saturated carbocycles. The normalized spacial score (nSPS) is 11.8. The van der Waals surface area contributed by atoms with Crippen LogP contribution in [-0.4, -0.2) is 24.1 Å². The van der Waals surface area contributed by atoms with Crippen molar-refractivity contribution in [1.82, 2.24) is 24.1 Å². The Labute approximate surface area is 391 Å². The van der Waals surface area contributed by atoms with Gasteiger partial charge in [-0.15, -0.1) is 0 Å². The number of aromatic nitrogens is 5. The SMILES string of the molecule is c1ccc(-c2nc(-c3ccc4ccccc4c3)nc(-c3cc(-n4c5ccccc5c5cc6c7c8ccccc8c(-c8ccccc8)cc7n(-c7ccccc7)c6cc54)cc4ccccc34)n2)cc1. The summed E-state index contributed by atoms with van der Waals surface area (Å²) in [5.74, 6) is 1.88. The first-order valence-electron chi connectivity index (χ1n) is 23.1. The summed E-state index contributed by atoms with van der Waals surface area (Å²) in [6.45, 7) is 0. The topological polar surface area (TPSA) is 48.5 Å². The van der Waals surface area contributed by atoms with Crippen molar-refractivity contribution in [3.63, 3.8) is 0 Å². The average Bonchev–Trinajstić information content (AvgIpc) is 3.92. The van der Waals surface area contributed by atoms with Crippen molar-refractivity contribution in [2.45, 2.75) is 0 Å². The van der Waals surface area contributed by atoms with Gasteiger partial charge in [0.15, 0.2) is 17.5 Å². The minimum absolute atomic E-state index is 0.619. The molecule has 5 heteroatoms. The molecule has 14 rings (SSSR count). The van der Waals surface area contributed by atoms with Gasteiger partial charge >= 0.3 is 0 Å². The lowest BCUT2D eigenvalue weighted by Crippen LogP contribution is -2.02. The molecule has 68 heavy (non-hydrogen) atoms. The predicted molar refractivity (Wildman–Crippen MR) is 283 cm³/mol. The molecule has 3 heterocycles. The van der Waals surface area contributed by atoms with Gasteiger partial charge in [-0.05, 0) is 98.0 Å². The largest absolute Gasteiger partial charge is 0.309 e.